The molecular weight excluding hydrogens is 545 g/mol. The molecule has 0 aliphatic rings. The maximum absolute atomic E-state index is 6.38. The zero-order chi connectivity index (χ0) is 27.4. The van der Waals surface area contributed by atoms with Crippen molar-refractivity contribution in [1.29, 1.82) is 0 Å². The molecule has 0 rings (SSSR count). The lowest BCUT2D eigenvalue weighted by Crippen LogP contribution is -2.34. The highest BCUT2D eigenvalue weighted by atomic mass is 33.5. The summed E-state index contributed by atoms with van der Waals surface area (Å²) in [5.74, 6) is 2.49. The van der Waals surface area contributed by atoms with Crippen molar-refractivity contribution in [2.24, 2.45) is 0 Å². The minimum Gasteiger partial charge on any atom is -0.382 e. The second-order valence-electron chi connectivity index (χ2n) is 10.8. The van der Waals surface area contributed by atoms with Crippen LogP contribution in [0.1, 0.15) is 131 Å². The molecule has 0 N–H and O–H groups in total. The minimum absolute atomic E-state index is 0.595. The Labute approximate surface area is 249 Å². The Balaban J connectivity index is 4.51. The molecule has 2 atom stereocenters. The van der Waals surface area contributed by atoms with Gasteiger partial charge in [0.1, 0.15) is 0 Å². The first-order chi connectivity index (χ1) is 18.2. The normalized spacial score (nSPS) is 13.6. The summed E-state index contributed by atoms with van der Waals surface area (Å²) in [6.45, 7) is 15.5. The molecule has 2 unspecified atom stereocenters. The van der Waals surface area contributed by atoms with Crippen molar-refractivity contribution in [3.63, 3.8) is 0 Å². The number of rotatable bonds is 30. The number of ether oxygens (including phenoxy) is 2. The lowest BCUT2D eigenvalue weighted by atomic mass is 10.3. The Morgan fingerprint density at radius 2 is 0.811 bits per heavy atom. The van der Waals surface area contributed by atoms with Crippen LogP contribution in [-0.2, 0) is 9.47 Å². The minimum atomic E-state index is -0.816. The van der Waals surface area contributed by atoms with Crippen LogP contribution in [-0.4, -0.2) is 53.8 Å². The molecule has 0 fully saturated rings. The number of hydrogen-bond acceptors (Lipinski definition) is 5. The van der Waals surface area contributed by atoms with E-state index in [9.17, 15) is 0 Å². The van der Waals surface area contributed by atoms with Crippen LogP contribution >= 0.6 is 31.4 Å². The molecule has 2 nitrogen and oxygen atoms in total. The van der Waals surface area contributed by atoms with Gasteiger partial charge in [-0.3, -0.25) is 0 Å². The van der Waals surface area contributed by atoms with E-state index >= 15 is 0 Å². The molecular formula is C30H66O2S3Si2. The van der Waals surface area contributed by atoms with E-state index in [1.165, 1.54) is 126 Å². The third-order valence-corrected chi connectivity index (χ3v) is 19.7. The van der Waals surface area contributed by atoms with Crippen LogP contribution in [0, 0.1) is 0 Å². The molecule has 37 heavy (non-hydrogen) atoms. The van der Waals surface area contributed by atoms with Gasteiger partial charge in [-0.1, -0.05) is 151 Å². The molecule has 0 aromatic carbocycles. The molecule has 0 spiro atoms. The standard InChI is InChI=1S/C30H66O2S3Si2/c1-7-13-17-25-36(26-18-14-8-2)29(31-11-5)21-23-33-35-34-24-22-30(32-12-6)37(27-19-15-9-3)28-20-16-10-4/h29-30,36-37H,7-28H2,1-6H3. The maximum atomic E-state index is 6.38. The van der Waals surface area contributed by atoms with Gasteiger partial charge in [0.2, 0.25) is 0 Å². The smallest absolute Gasteiger partial charge is 0.0717 e. The van der Waals surface area contributed by atoms with Gasteiger partial charge in [0.25, 0.3) is 0 Å². The topological polar surface area (TPSA) is 18.5 Å². The van der Waals surface area contributed by atoms with Crippen LogP contribution < -0.4 is 0 Å². The van der Waals surface area contributed by atoms with Gasteiger partial charge in [-0.2, -0.15) is 0 Å². The van der Waals surface area contributed by atoms with E-state index in [-0.39, 0.29) is 0 Å². The molecule has 0 aromatic heterocycles. The zero-order valence-corrected chi connectivity index (χ0v) is 30.7. The predicted octanol–water partition coefficient (Wildman–Crippen LogP) is 10.9. The fourth-order valence-electron chi connectivity index (χ4n) is 5.43. The van der Waals surface area contributed by atoms with Gasteiger partial charge >= 0.3 is 0 Å². The molecule has 0 amide bonds. The summed E-state index contributed by atoms with van der Waals surface area (Å²) in [7, 11) is 4.57. The largest absolute Gasteiger partial charge is 0.382 e. The highest BCUT2D eigenvalue weighted by Crippen LogP contribution is 2.36. The lowest BCUT2D eigenvalue weighted by Gasteiger charge is -2.26. The van der Waals surface area contributed by atoms with E-state index in [2.05, 4.69) is 63.1 Å². The second kappa shape index (κ2) is 30.4. The van der Waals surface area contributed by atoms with Gasteiger partial charge in [0, 0.05) is 36.2 Å². The summed E-state index contributed by atoms with van der Waals surface area (Å²) in [5, 5.41) is 0. The first-order valence-corrected chi connectivity index (χ1v) is 24.7. The molecule has 0 heterocycles. The van der Waals surface area contributed by atoms with Gasteiger partial charge in [-0.05, 0) is 36.5 Å². The highest BCUT2D eigenvalue weighted by Gasteiger charge is 2.24. The van der Waals surface area contributed by atoms with Crippen LogP contribution in [0.15, 0.2) is 0 Å². The number of hydrogen-bond donors (Lipinski definition) is 0. The zero-order valence-electron chi connectivity index (χ0n) is 25.9. The van der Waals surface area contributed by atoms with E-state index < -0.39 is 17.6 Å². The first kappa shape index (κ1) is 38.4. The van der Waals surface area contributed by atoms with Crippen molar-refractivity contribution >= 4 is 49.0 Å². The molecule has 0 aromatic rings. The fraction of sp³-hybridized carbons (Fsp3) is 1.00. The van der Waals surface area contributed by atoms with E-state index in [4.69, 9.17) is 9.47 Å². The van der Waals surface area contributed by atoms with Crippen LogP contribution in [0.25, 0.3) is 0 Å². The van der Waals surface area contributed by atoms with Gasteiger partial charge in [-0.15, -0.1) is 0 Å². The van der Waals surface area contributed by atoms with Crippen molar-refractivity contribution in [1.82, 2.24) is 0 Å². The quantitative estimate of drug-likeness (QED) is 0.0456. The van der Waals surface area contributed by atoms with E-state index in [1.54, 1.807) is 0 Å². The van der Waals surface area contributed by atoms with Crippen LogP contribution in [0.2, 0.25) is 24.2 Å². The molecule has 0 aliphatic carbocycles. The monoisotopic (exact) mass is 610 g/mol. The van der Waals surface area contributed by atoms with Crippen LogP contribution in [0.3, 0.4) is 0 Å². The molecule has 224 valence electrons. The molecule has 0 radical (unpaired) electrons. The van der Waals surface area contributed by atoms with Crippen molar-refractivity contribution in [3.8, 4) is 0 Å². The molecule has 0 saturated carbocycles. The Morgan fingerprint density at radius 1 is 0.486 bits per heavy atom. The van der Waals surface area contributed by atoms with Gasteiger partial charge in [-0.25, -0.2) is 0 Å². The van der Waals surface area contributed by atoms with Crippen molar-refractivity contribution in [3.05, 3.63) is 0 Å². The second-order valence-corrected chi connectivity index (χ2v) is 22.1. The Bertz CT molecular complexity index is 391. The van der Waals surface area contributed by atoms with Crippen molar-refractivity contribution < 1.29 is 9.47 Å². The Hall–Kier alpha value is 1.40. The number of unbranched alkanes of at least 4 members (excludes halogenated alkanes) is 8. The van der Waals surface area contributed by atoms with Gasteiger partial charge in [0.05, 0.1) is 17.6 Å². The van der Waals surface area contributed by atoms with Gasteiger partial charge in [0.15, 0.2) is 0 Å². The van der Waals surface area contributed by atoms with E-state index in [0.717, 1.165) is 13.2 Å². The van der Waals surface area contributed by atoms with Crippen molar-refractivity contribution in [2.75, 3.05) is 24.7 Å². The van der Waals surface area contributed by atoms with E-state index in [1.807, 2.05) is 9.83 Å². The third-order valence-electron chi connectivity index (χ3n) is 7.59. The lowest BCUT2D eigenvalue weighted by molar-refractivity contribution is 0.111. The summed E-state index contributed by atoms with van der Waals surface area (Å²) in [4.78, 5) is 0. The summed E-state index contributed by atoms with van der Waals surface area (Å²) in [6.07, 6.45) is 19.2. The average Bonchev–Trinajstić information content (AvgIpc) is 2.90. The highest BCUT2D eigenvalue weighted by molar-refractivity contribution is 9.09. The summed E-state index contributed by atoms with van der Waals surface area (Å²) < 4.78 is 12.8. The van der Waals surface area contributed by atoms with Crippen LogP contribution in [0.5, 0.6) is 0 Å². The molecule has 0 bridgehead atoms. The first-order valence-electron chi connectivity index (χ1n) is 16.3. The maximum Gasteiger partial charge on any atom is 0.0717 e. The summed E-state index contributed by atoms with van der Waals surface area (Å²) in [6, 6.07) is 5.98. The predicted molar refractivity (Wildman–Crippen MR) is 184 cm³/mol. The fourth-order valence-corrected chi connectivity index (χ4v) is 17.3. The van der Waals surface area contributed by atoms with Gasteiger partial charge < -0.3 is 9.47 Å². The van der Waals surface area contributed by atoms with Crippen LogP contribution in [0.4, 0.5) is 0 Å². The summed E-state index contributed by atoms with van der Waals surface area (Å²) >= 11 is 0. The third kappa shape index (κ3) is 22.7. The van der Waals surface area contributed by atoms with Crippen molar-refractivity contribution in [2.45, 2.75) is 167 Å². The van der Waals surface area contributed by atoms with E-state index in [0.29, 0.717) is 11.5 Å². The molecule has 0 aliphatic heterocycles. The SMILES string of the molecule is CCCCC[SiH](CCCCC)C(CCSSSCCC(OCC)[SiH](CCCCC)CCCCC)OCC. The molecule has 0 saturated heterocycles. The molecule has 7 heteroatoms. The summed E-state index contributed by atoms with van der Waals surface area (Å²) in [5.41, 5.74) is 1.19. The Kier molecular flexibility index (Phi) is 31.5. The average molecular weight is 611 g/mol. The Morgan fingerprint density at radius 3 is 1.08 bits per heavy atom.